The van der Waals surface area contributed by atoms with E-state index in [1.807, 2.05) is 42.5 Å². The van der Waals surface area contributed by atoms with Crippen molar-refractivity contribution in [3.8, 4) is 0 Å². The van der Waals surface area contributed by atoms with Crippen LogP contribution in [0.5, 0.6) is 0 Å². The molecule has 0 radical (unpaired) electrons. The van der Waals surface area contributed by atoms with Crippen molar-refractivity contribution >= 4 is 38.5 Å². The minimum absolute atomic E-state index is 0.0572. The van der Waals surface area contributed by atoms with Crippen molar-refractivity contribution in [2.45, 2.75) is 19.4 Å². The SMILES string of the molecule is CC(=O)N1N=C(c2ccc(Br)cc2)CC1c1ccc2cccnc2c1. The molecular weight excluding hydrogens is 378 g/mol. The summed E-state index contributed by atoms with van der Waals surface area (Å²) in [6, 6.07) is 18.0. The fraction of sp³-hybridized carbons (Fsp3) is 0.150. The highest BCUT2D eigenvalue weighted by atomic mass is 79.9. The van der Waals surface area contributed by atoms with Gasteiger partial charge in [0.05, 0.1) is 17.3 Å². The van der Waals surface area contributed by atoms with Gasteiger partial charge in [0.15, 0.2) is 0 Å². The molecule has 25 heavy (non-hydrogen) atoms. The van der Waals surface area contributed by atoms with Crippen molar-refractivity contribution < 1.29 is 4.79 Å². The normalized spacial score (nSPS) is 17.0. The molecule has 2 heterocycles. The largest absolute Gasteiger partial charge is 0.273 e. The molecule has 5 heteroatoms. The second-order valence-electron chi connectivity index (χ2n) is 6.09. The zero-order valence-corrected chi connectivity index (χ0v) is 15.3. The average molecular weight is 394 g/mol. The highest BCUT2D eigenvalue weighted by Gasteiger charge is 2.31. The third-order valence-corrected chi connectivity index (χ3v) is 4.95. The summed E-state index contributed by atoms with van der Waals surface area (Å²) in [6.45, 7) is 1.56. The fourth-order valence-corrected chi connectivity index (χ4v) is 3.43. The molecule has 3 aromatic rings. The van der Waals surface area contributed by atoms with Gasteiger partial charge >= 0.3 is 0 Å². The third kappa shape index (κ3) is 3.07. The molecule has 2 aromatic carbocycles. The molecule has 124 valence electrons. The Kier molecular flexibility index (Phi) is 4.09. The van der Waals surface area contributed by atoms with Crippen molar-refractivity contribution in [3.63, 3.8) is 0 Å². The van der Waals surface area contributed by atoms with Crippen LogP contribution in [0.15, 0.2) is 70.4 Å². The molecule has 1 aromatic heterocycles. The Hall–Kier alpha value is -2.53. The zero-order valence-electron chi connectivity index (χ0n) is 13.7. The van der Waals surface area contributed by atoms with Crippen LogP contribution in [-0.2, 0) is 4.79 Å². The van der Waals surface area contributed by atoms with Crippen LogP contribution in [-0.4, -0.2) is 21.6 Å². The summed E-state index contributed by atoms with van der Waals surface area (Å²) < 4.78 is 1.02. The quantitative estimate of drug-likeness (QED) is 0.633. The number of benzene rings is 2. The van der Waals surface area contributed by atoms with E-state index in [0.29, 0.717) is 6.42 Å². The van der Waals surface area contributed by atoms with Gasteiger partial charge in [0.25, 0.3) is 0 Å². The van der Waals surface area contributed by atoms with Gasteiger partial charge in [0.2, 0.25) is 5.91 Å². The number of nitrogens with zero attached hydrogens (tertiary/aromatic N) is 3. The van der Waals surface area contributed by atoms with Crippen LogP contribution < -0.4 is 0 Å². The van der Waals surface area contributed by atoms with E-state index in [1.54, 1.807) is 18.1 Å². The second-order valence-corrected chi connectivity index (χ2v) is 7.01. The molecule has 1 atom stereocenters. The van der Waals surface area contributed by atoms with Gasteiger partial charge in [-0.1, -0.05) is 46.3 Å². The average Bonchev–Trinajstić information content (AvgIpc) is 3.07. The number of pyridine rings is 1. The molecule has 1 amide bonds. The van der Waals surface area contributed by atoms with Gasteiger partial charge in [-0.2, -0.15) is 5.10 Å². The number of halogens is 1. The first-order valence-corrected chi connectivity index (χ1v) is 8.89. The maximum atomic E-state index is 12.1. The molecule has 0 bridgehead atoms. The Balaban J connectivity index is 1.71. The summed E-state index contributed by atoms with van der Waals surface area (Å²) in [4.78, 5) is 16.5. The van der Waals surface area contributed by atoms with Crippen LogP contribution in [0.2, 0.25) is 0 Å². The summed E-state index contributed by atoms with van der Waals surface area (Å²) in [5, 5.41) is 7.27. The molecule has 0 saturated heterocycles. The van der Waals surface area contributed by atoms with Crippen LogP contribution in [0.1, 0.15) is 30.5 Å². The van der Waals surface area contributed by atoms with Gasteiger partial charge in [-0.3, -0.25) is 9.78 Å². The molecule has 0 spiro atoms. The van der Waals surface area contributed by atoms with E-state index in [2.05, 4.69) is 38.1 Å². The van der Waals surface area contributed by atoms with E-state index >= 15 is 0 Å². The lowest BCUT2D eigenvalue weighted by molar-refractivity contribution is -0.130. The summed E-state index contributed by atoms with van der Waals surface area (Å²) in [5.74, 6) is -0.0572. The highest BCUT2D eigenvalue weighted by Crippen LogP contribution is 2.34. The molecular formula is C20H16BrN3O. The number of fused-ring (bicyclic) bond motifs is 1. The number of aromatic nitrogens is 1. The number of hydrogen-bond acceptors (Lipinski definition) is 3. The lowest BCUT2D eigenvalue weighted by atomic mass is 9.97. The van der Waals surface area contributed by atoms with Gasteiger partial charge < -0.3 is 0 Å². The Labute approximate surface area is 154 Å². The van der Waals surface area contributed by atoms with Gasteiger partial charge in [0, 0.05) is 29.4 Å². The topological polar surface area (TPSA) is 45.6 Å². The Morgan fingerprint density at radius 2 is 1.96 bits per heavy atom. The van der Waals surface area contributed by atoms with Gasteiger partial charge in [-0.25, -0.2) is 5.01 Å². The van der Waals surface area contributed by atoms with Crippen LogP contribution in [0.3, 0.4) is 0 Å². The lowest BCUT2D eigenvalue weighted by Crippen LogP contribution is -2.24. The summed E-state index contributed by atoms with van der Waals surface area (Å²) >= 11 is 3.45. The zero-order chi connectivity index (χ0) is 17.4. The van der Waals surface area contributed by atoms with E-state index in [9.17, 15) is 4.79 Å². The lowest BCUT2D eigenvalue weighted by Gasteiger charge is -2.20. The monoisotopic (exact) mass is 393 g/mol. The smallest absolute Gasteiger partial charge is 0.240 e. The fourth-order valence-electron chi connectivity index (χ4n) is 3.17. The second kappa shape index (κ2) is 6.41. The maximum Gasteiger partial charge on any atom is 0.240 e. The first-order valence-electron chi connectivity index (χ1n) is 8.10. The Morgan fingerprint density at radius 1 is 1.16 bits per heavy atom. The standard InChI is InChI=1S/C20H16BrN3O/c1-13(25)24-20(12-19(23-24)15-6-8-17(21)9-7-15)16-5-4-14-3-2-10-22-18(14)11-16/h2-11,20H,12H2,1H3. The number of carbonyl (C=O) groups is 1. The van der Waals surface area contributed by atoms with E-state index in [0.717, 1.165) is 32.2 Å². The minimum atomic E-state index is -0.0949. The van der Waals surface area contributed by atoms with Gasteiger partial charge in [-0.15, -0.1) is 0 Å². The number of hydrogen-bond donors (Lipinski definition) is 0. The summed E-state index contributed by atoms with van der Waals surface area (Å²) in [7, 11) is 0. The first-order chi connectivity index (χ1) is 12.1. The Bertz CT molecular complexity index is 982. The molecule has 1 aliphatic heterocycles. The first kappa shape index (κ1) is 16.0. The van der Waals surface area contributed by atoms with Gasteiger partial charge in [0.1, 0.15) is 0 Å². The van der Waals surface area contributed by atoms with E-state index in [1.165, 1.54) is 0 Å². The molecule has 1 aliphatic rings. The number of hydrazone groups is 1. The number of carbonyl (C=O) groups excluding carboxylic acids is 1. The summed E-state index contributed by atoms with van der Waals surface area (Å²) in [5.41, 5.74) is 3.95. The van der Waals surface area contributed by atoms with Crippen molar-refractivity contribution in [1.82, 2.24) is 9.99 Å². The number of rotatable bonds is 2. The molecule has 4 nitrogen and oxygen atoms in total. The predicted octanol–water partition coefficient (Wildman–Crippen LogP) is 4.69. The molecule has 0 aliphatic carbocycles. The summed E-state index contributed by atoms with van der Waals surface area (Å²) in [6.07, 6.45) is 2.48. The molecule has 0 N–H and O–H groups in total. The van der Waals surface area contributed by atoms with Crippen LogP contribution in [0.25, 0.3) is 10.9 Å². The van der Waals surface area contributed by atoms with E-state index in [4.69, 9.17) is 0 Å². The van der Waals surface area contributed by atoms with Crippen molar-refractivity contribution in [1.29, 1.82) is 0 Å². The van der Waals surface area contributed by atoms with E-state index < -0.39 is 0 Å². The maximum absolute atomic E-state index is 12.1. The van der Waals surface area contributed by atoms with Crippen molar-refractivity contribution in [2.75, 3.05) is 0 Å². The van der Waals surface area contributed by atoms with Crippen molar-refractivity contribution in [2.24, 2.45) is 5.10 Å². The highest BCUT2D eigenvalue weighted by molar-refractivity contribution is 9.10. The molecule has 1 unspecified atom stereocenters. The Morgan fingerprint density at radius 3 is 2.72 bits per heavy atom. The van der Waals surface area contributed by atoms with Crippen LogP contribution >= 0.6 is 15.9 Å². The molecule has 0 saturated carbocycles. The van der Waals surface area contributed by atoms with Gasteiger partial charge in [-0.05, 0) is 35.4 Å². The minimum Gasteiger partial charge on any atom is -0.273 e. The third-order valence-electron chi connectivity index (χ3n) is 4.43. The van der Waals surface area contributed by atoms with Crippen molar-refractivity contribution in [3.05, 3.63) is 76.4 Å². The predicted molar refractivity (Wildman–Crippen MR) is 102 cm³/mol. The molecule has 4 rings (SSSR count). The van der Waals surface area contributed by atoms with Crippen LogP contribution in [0.4, 0.5) is 0 Å². The molecule has 0 fully saturated rings. The number of amides is 1. The van der Waals surface area contributed by atoms with Crippen LogP contribution in [0, 0.1) is 0 Å². The van der Waals surface area contributed by atoms with E-state index in [-0.39, 0.29) is 11.9 Å².